The Morgan fingerprint density at radius 3 is 2.35 bits per heavy atom. The monoisotopic (exact) mass is 353 g/mol. The summed E-state index contributed by atoms with van der Waals surface area (Å²) in [6, 6.07) is 11.9. The quantitative estimate of drug-likeness (QED) is 0.859. The minimum absolute atomic E-state index is 0.0729. The molecule has 1 fully saturated rings. The van der Waals surface area contributed by atoms with Crippen LogP contribution in [-0.4, -0.2) is 35.2 Å². The Morgan fingerprint density at radius 1 is 1.08 bits per heavy atom. The van der Waals surface area contributed by atoms with E-state index in [0.29, 0.717) is 11.5 Å². The maximum Gasteiger partial charge on any atom is 0.271 e. The molecular formula is C20H27N5O. The molecule has 0 bridgehead atoms. The Hall–Kier alpha value is -2.63. The molecular weight excluding hydrogens is 326 g/mol. The molecule has 1 saturated heterocycles. The molecule has 2 heterocycles. The summed E-state index contributed by atoms with van der Waals surface area (Å²) in [5, 5.41) is 14.1. The van der Waals surface area contributed by atoms with Crippen LogP contribution in [0.4, 0.5) is 17.2 Å². The lowest BCUT2D eigenvalue weighted by Gasteiger charge is -2.32. The maximum atomic E-state index is 11.9. The van der Waals surface area contributed by atoms with Gasteiger partial charge in [-0.2, -0.15) is 0 Å². The van der Waals surface area contributed by atoms with E-state index < -0.39 is 0 Å². The third kappa shape index (κ3) is 4.71. The number of amides is 1. The van der Waals surface area contributed by atoms with Gasteiger partial charge < -0.3 is 15.5 Å². The lowest BCUT2D eigenvalue weighted by atomic mass is 9.99. The van der Waals surface area contributed by atoms with Gasteiger partial charge >= 0.3 is 0 Å². The molecule has 138 valence electrons. The summed E-state index contributed by atoms with van der Waals surface area (Å²) < 4.78 is 0. The second kappa shape index (κ2) is 8.17. The molecule has 1 aromatic carbocycles. The van der Waals surface area contributed by atoms with Crippen LogP contribution in [0.25, 0.3) is 0 Å². The van der Waals surface area contributed by atoms with Gasteiger partial charge in [0.2, 0.25) is 0 Å². The molecule has 1 aromatic heterocycles. The molecule has 1 aliphatic rings. The molecule has 6 nitrogen and oxygen atoms in total. The van der Waals surface area contributed by atoms with Crippen LogP contribution in [0, 0.1) is 5.92 Å². The Labute approximate surface area is 155 Å². The number of carbonyl (C=O) groups is 1. The van der Waals surface area contributed by atoms with Crippen molar-refractivity contribution in [3.8, 4) is 0 Å². The molecule has 1 amide bonds. The number of piperidine rings is 1. The van der Waals surface area contributed by atoms with Crippen LogP contribution in [0.1, 0.15) is 44.1 Å². The summed E-state index contributed by atoms with van der Waals surface area (Å²) in [5.41, 5.74) is 2.53. The van der Waals surface area contributed by atoms with Crippen molar-refractivity contribution in [2.75, 3.05) is 23.3 Å². The van der Waals surface area contributed by atoms with Crippen LogP contribution in [0.5, 0.6) is 0 Å². The zero-order valence-electron chi connectivity index (χ0n) is 15.7. The molecule has 6 heteroatoms. The number of anilines is 3. The van der Waals surface area contributed by atoms with Gasteiger partial charge in [-0.05, 0) is 69.0 Å². The highest BCUT2D eigenvalue weighted by atomic mass is 16.2. The topological polar surface area (TPSA) is 70.2 Å². The summed E-state index contributed by atoms with van der Waals surface area (Å²) in [5.74, 6) is 1.24. The van der Waals surface area contributed by atoms with Gasteiger partial charge in [-0.15, -0.1) is 10.2 Å². The summed E-state index contributed by atoms with van der Waals surface area (Å²) >= 11 is 0. The van der Waals surface area contributed by atoms with Crippen LogP contribution in [0.3, 0.4) is 0 Å². The molecule has 26 heavy (non-hydrogen) atoms. The highest BCUT2D eigenvalue weighted by Crippen LogP contribution is 2.25. The predicted octanol–water partition coefficient (Wildman–Crippen LogP) is 3.59. The van der Waals surface area contributed by atoms with Crippen LogP contribution in [0.2, 0.25) is 0 Å². The molecule has 0 unspecified atom stereocenters. The Bertz CT molecular complexity index is 719. The number of hydrogen-bond acceptors (Lipinski definition) is 5. The Balaban J connectivity index is 1.59. The molecule has 1 aliphatic heterocycles. The minimum atomic E-state index is -0.209. The fourth-order valence-electron chi connectivity index (χ4n) is 3.03. The van der Waals surface area contributed by atoms with Crippen molar-refractivity contribution in [2.24, 2.45) is 5.92 Å². The first-order chi connectivity index (χ1) is 12.5. The molecule has 2 N–H and O–H groups in total. The Morgan fingerprint density at radius 2 is 1.77 bits per heavy atom. The van der Waals surface area contributed by atoms with Gasteiger partial charge in [0.05, 0.1) is 0 Å². The molecule has 2 aromatic rings. The van der Waals surface area contributed by atoms with Gasteiger partial charge in [0.25, 0.3) is 5.91 Å². The van der Waals surface area contributed by atoms with Gasteiger partial charge in [0, 0.05) is 30.5 Å². The second-order valence-corrected chi connectivity index (χ2v) is 7.27. The van der Waals surface area contributed by atoms with Crippen molar-refractivity contribution in [2.45, 2.75) is 39.7 Å². The van der Waals surface area contributed by atoms with Gasteiger partial charge in [-0.25, -0.2) is 0 Å². The van der Waals surface area contributed by atoms with E-state index in [1.54, 1.807) is 12.1 Å². The van der Waals surface area contributed by atoms with E-state index in [9.17, 15) is 4.79 Å². The van der Waals surface area contributed by atoms with Crippen LogP contribution < -0.4 is 15.5 Å². The van der Waals surface area contributed by atoms with Crippen LogP contribution in [-0.2, 0) is 0 Å². The summed E-state index contributed by atoms with van der Waals surface area (Å²) in [7, 11) is 0. The summed E-state index contributed by atoms with van der Waals surface area (Å²) in [6.07, 6.45) is 2.51. The van der Waals surface area contributed by atoms with Crippen LogP contribution in [0.15, 0.2) is 36.4 Å². The van der Waals surface area contributed by atoms with Gasteiger partial charge in [0.1, 0.15) is 0 Å². The standard InChI is InChI=1S/C20H27N5O/c1-14(2)21-20(26)18-8-9-19(24-23-18)22-16-4-6-17(7-5-16)25-12-10-15(3)11-13-25/h4-9,14-15H,10-13H2,1-3H3,(H,21,26)(H,22,24). The van der Waals surface area contributed by atoms with Gasteiger partial charge in [0.15, 0.2) is 11.5 Å². The molecule has 3 rings (SSSR count). The second-order valence-electron chi connectivity index (χ2n) is 7.27. The van der Waals surface area contributed by atoms with Crippen molar-refractivity contribution >= 4 is 23.1 Å². The van der Waals surface area contributed by atoms with E-state index >= 15 is 0 Å². The van der Waals surface area contributed by atoms with E-state index in [2.05, 4.69) is 56.9 Å². The number of benzene rings is 1. The lowest BCUT2D eigenvalue weighted by Crippen LogP contribution is -2.32. The van der Waals surface area contributed by atoms with Gasteiger partial charge in [-0.3, -0.25) is 4.79 Å². The number of nitrogens with zero attached hydrogens (tertiary/aromatic N) is 3. The van der Waals surface area contributed by atoms with E-state index in [0.717, 1.165) is 24.7 Å². The first-order valence-corrected chi connectivity index (χ1v) is 9.28. The van der Waals surface area contributed by atoms with E-state index in [1.165, 1.54) is 18.5 Å². The number of carbonyl (C=O) groups excluding carboxylic acids is 1. The fraction of sp³-hybridized carbons (Fsp3) is 0.450. The fourth-order valence-corrected chi connectivity index (χ4v) is 3.03. The zero-order chi connectivity index (χ0) is 18.5. The molecule has 0 aliphatic carbocycles. The van der Waals surface area contributed by atoms with E-state index in [1.807, 2.05) is 13.8 Å². The van der Waals surface area contributed by atoms with Gasteiger partial charge in [-0.1, -0.05) is 6.92 Å². The SMILES string of the molecule is CC1CCN(c2ccc(Nc3ccc(C(=O)NC(C)C)nn3)cc2)CC1. The third-order valence-electron chi connectivity index (χ3n) is 4.61. The first kappa shape index (κ1) is 18.2. The lowest BCUT2D eigenvalue weighted by molar-refractivity contribution is 0.0937. The van der Waals surface area contributed by atoms with Crippen molar-refractivity contribution in [3.63, 3.8) is 0 Å². The molecule has 0 spiro atoms. The first-order valence-electron chi connectivity index (χ1n) is 9.28. The average Bonchev–Trinajstić information content (AvgIpc) is 2.63. The zero-order valence-corrected chi connectivity index (χ0v) is 15.7. The maximum absolute atomic E-state index is 11.9. The predicted molar refractivity (Wildman–Crippen MR) is 105 cm³/mol. The number of nitrogens with one attached hydrogen (secondary N) is 2. The van der Waals surface area contributed by atoms with Crippen molar-refractivity contribution in [1.29, 1.82) is 0 Å². The van der Waals surface area contributed by atoms with Crippen molar-refractivity contribution in [3.05, 3.63) is 42.1 Å². The number of aromatic nitrogens is 2. The molecule has 0 radical (unpaired) electrons. The summed E-state index contributed by atoms with van der Waals surface area (Å²) in [6.45, 7) is 8.40. The van der Waals surface area contributed by atoms with Crippen molar-refractivity contribution in [1.82, 2.24) is 15.5 Å². The minimum Gasteiger partial charge on any atom is -0.372 e. The summed E-state index contributed by atoms with van der Waals surface area (Å²) in [4.78, 5) is 14.3. The van der Waals surface area contributed by atoms with Crippen LogP contribution >= 0.6 is 0 Å². The third-order valence-corrected chi connectivity index (χ3v) is 4.61. The number of hydrogen-bond donors (Lipinski definition) is 2. The molecule has 0 saturated carbocycles. The van der Waals surface area contributed by atoms with Crippen molar-refractivity contribution < 1.29 is 4.79 Å². The largest absolute Gasteiger partial charge is 0.372 e. The number of rotatable bonds is 5. The Kier molecular flexibility index (Phi) is 5.71. The molecule has 0 atom stereocenters. The van der Waals surface area contributed by atoms with E-state index in [-0.39, 0.29) is 11.9 Å². The smallest absolute Gasteiger partial charge is 0.271 e. The highest BCUT2D eigenvalue weighted by Gasteiger charge is 2.15. The average molecular weight is 353 g/mol. The highest BCUT2D eigenvalue weighted by molar-refractivity contribution is 5.92. The normalized spacial score (nSPS) is 15.2. The van der Waals surface area contributed by atoms with E-state index in [4.69, 9.17) is 0 Å².